The maximum Gasteiger partial charge on any atom is 0.432 e. The van der Waals surface area contributed by atoms with E-state index in [1.807, 2.05) is 4.72 Å². The van der Waals surface area contributed by atoms with Crippen molar-refractivity contribution in [3.8, 4) is 0 Å². The van der Waals surface area contributed by atoms with E-state index in [4.69, 9.17) is 0 Å². The van der Waals surface area contributed by atoms with Crippen molar-refractivity contribution in [2.24, 2.45) is 4.99 Å². The van der Waals surface area contributed by atoms with Crippen LogP contribution in [0.15, 0.2) is 47.5 Å². The Kier molecular flexibility index (Phi) is 7.51. The number of anilines is 1. The molecule has 2 unspecified atom stereocenters. The van der Waals surface area contributed by atoms with Gasteiger partial charge in [-0.3, -0.25) is 14.5 Å². The summed E-state index contributed by atoms with van der Waals surface area (Å²) in [5.41, 5.74) is -2.30. The van der Waals surface area contributed by atoms with Gasteiger partial charge in [0.15, 0.2) is 0 Å². The number of amides is 1. The molecule has 1 aliphatic heterocycles. The fourth-order valence-electron chi connectivity index (χ4n) is 3.11. The molecule has 0 saturated heterocycles. The number of halogens is 4. The lowest BCUT2D eigenvalue weighted by atomic mass is 9.86. The van der Waals surface area contributed by atoms with Gasteiger partial charge in [0, 0.05) is 5.57 Å². The summed E-state index contributed by atoms with van der Waals surface area (Å²) in [5.74, 6) is -1.49. The number of nitrogens with one attached hydrogen (secondary N) is 3. The molecule has 0 bridgehead atoms. The third kappa shape index (κ3) is 6.16. The van der Waals surface area contributed by atoms with Crippen LogP contribution in [0, 0.1) is 5.82 Å². The van der Waals surface area contributed by atoms with E-state index in [1.165, 1.54) is 18.2 Å². The average Bonchev–Trinajstić information content (AvgIpc) is 2.67. The number of hydrogen-bond donors (Lipinski definition) is 3. The third-order valence-electron chi connectivity index (χ3n) is 4.76. The molecular formula is C20H24F4N4O3S. The number of carbonyl (C=O) groups is 1. The molecule has 7 nitrogen and oxygen atoms in total. The Morgan fingerprint density at radius 1 is 1.34 bits per heavy atom. The van der Waals surface area contributed by atoms with E-state index in [9.17, 15) is 30.8 Å². The summed E-state index contributed by atoms with van der Waals surface area (Å²) in [4.78, 5) is 16.3. The van der Waals surface area contributed by atoms with Gasteiger partial charge in [0.2, 0.25) is 15.9 Å². The van der Waals surface area contributed by atoms with Gasteiger partial charge in [-0.1, -0.05) is 25.6 Å². The van der Waals surface area contributed by atoms with E-state index in [-0.39, 0.29) is 17.8 Å². The third-order valence-corrected chi connectivity index (χ3v) is 5.35. The van der Waals surface area contributed by atoms with Crippen molar-refractivity contribution in [2.75, 3.05) is 24.1 Å². The van der Waals surface area contributed by atoms with Crippen molar-refractivity contribution in [2.45, 2.75) is 31.6 Å². The summed E-state index contributed by atoms with van der Waals surface area (Å²) in [6.45, 7) is 7.01. The minimum absolute atomic E-state index is 0.0525. The van der Waals surface area contributed by atoms with Crippen LogP contribution in [-0.2, 0) is 14.8 Å². The molecule has 2 rings (SSSR count). The first kappa shape index (κ1) is 25.5. The van der Waals surface area contributed by atoms with Gasteiger partial charge in [-0.15, -0.1) is 0 Å². The van der Waals surface area contributed by atoms with Gasteiger partial charge in [-0.2, -0.15) is 13.2 Å². The van der Waals surface area contributed by atoms with Gasteiger partial charge < -0.3 is 10.6 Å². The SMILES string of the molecule is C=C(C(=O)NC(C)c1ccc(NS(C)(=O)=O)c(F)c1)C1(NCC)C=CC(C(F)(F)F)=NC1. The number of benzene rings is 1. The number of dihydropyridines is 1. The summed E-state index contributed by atoms with van der Waals surface area (Å²) >= 11 is 0. The summed E-state index contributed by atoms with van der Waals surface area (Å²) in [6, 6.07) is 3.02. The van der Waals surface area contributed by atoms with Crippen LogP contribution >= 0.6 is 0 Å². The molecule has 1 heterocycles. The minimum Gasteiger partial charge on any atom is -0.346 e. The summed E-state index contributed by atoms with van der Waals surface area (Å²) < 4.78 is 77.5. The highest BCUT2D eigenvalue weighted by Crippen LogP contribution is 2.28. The molecule has 0 aromatic heterocycles. The highest BCUT2D eigenvalue weighted by Gasteiger charge is 2.41. The summed E-state index contributed by atoms with van der Waals surface area (Å²) in [5, 5.41) is 5.58. The van der Waals surface area contributed by atoms with Crippen molar-refractivity contribution in [3.05, 3.63) is 53.9 Å². The monoisotopic (exact) mass is 476 g/mol. The van der Waals surface area contributed by atoms with Crippen LogP contribution in [0.4, 0.5) is 23.2 Å². The topological polar surface area (TPSA) is 99.7 Å². The maximum absolute atomic E-state index is 14.2. The first-order valence-corrected chi connectivity index (χ1v) is 11.4. The number of sulfonamides is 1. The van der Waals surface area contributed by atoms with Gasteiger partial charge in [-0.25, -0.2) is 12.8 Å². The van der Waals surface area contributed by atoms with E-state index in [2.05, 4.69) is 22.2 Å². The van der Waals surface area contributed by atoms with Crippen molar-refractivity contribution >= 4 is 27.3 Å². The zero-order chi connectivity index (χ0) is 24.3. The van der Waals surface area contributed by atoms with Crippen LogP contribution < -0.4 is 15.4 Å². The number of nitrogens with zero attached hydrogens (tertiary/aromatic N) is 1. The van der Waals surface area contributed by atoms with E-state index in [0.29, 0.717) is 12.1 Å². The average molecular weight is 476 g/mol. The second-order valence-electron chi connectivity index (χ2n) is 7.32. The number of hydrogen-bond acceptors (Lipinski definition) is 5. The van der Waals surface area contributed by atoms with Gasteiger partial charge in [0.25, 0.3) is 0 Å². The van der Waals surface area contributed by atoms with Gasteiger partial charge in [0.05, 0.1) is 30.1 Å². The molecule has 1 amide bonds. The highest BCUT2D eigenvalue weighted by molar-refractivity contribution is 7.92. The molecule has 3 N–H and O–H groups in total. The Morgan fingerprint density at radius 2 is 2.00 bits per heavy atom. The molecule has 1 aromatic rings. The first-order valence-electron chi connectivity index (χ1n) is 9.52. The van der Waals surface area contributed by atoms with Gasteiger partial charge >= 0.3 is 6.18 Å². The number of likely N-dealkylation sites (N-methyl/N-ethyl adjacent to an activating group) is 1. The van der Waals surface area contributed by atoms with Crippen molar-refractivity contribution in [1.82, 2.24) is 10.6 Å². The number of rotatable bonds is 8. The minimum atomic E-state index is -4.60. The van der Waals surface area contributed by atoms with Crippen LogP contribution in [0.2, 0.25) is 0 Å². The van der Waals surface area contributed by atoms with Gasteiger partial charge in [0.1, 0.15) is 11.5 Å². The van der Waals surface area contributed by atoms with Crippen LogP contribution in [0.1, 0.15) is 25.5 Å². The molecule has 1 aliphatic rings. The number of alkyl halides is 3. The summed E-state index contributed by atoms with van der Waals surface area (Å²) in [6.07, 6.45) is -1.70. The van der Waals surface area contributed by atoms with Crippen molar-refractivity contribution in [1.29, 1.82) is 0 Å². The molecule has 12 heteroatoms. The zero-order valence-electron chi connectivity index (χ0n) is 17.7. The standard InChI is InChI=1S/C20H24F4N4O3S/c1-5-26-19(9-8-17(25-11-19)20(22,23)24)12(2)18(29)27-13(3)14-6-7-16(15(21)10-14)28-32(4,30)31/h6-10,13,26,28H,2,5,11H2,1,3-4H3,(H,27,29). The molecule has 0 aliphatic carbocycles. The number of carbonyl (C=O) groups excluding carboxylic acids is 1. The number of allylic oxidation sites excluding steroid dienone is 1. The van der Waals surface area contributed by atoms with Crippen molar-refractivity contribution in [3.63, 3.8) is 0 Å². The van der Waals surface area contributed by atoms with E-state index in [1.54, 1.807) is 13.8 Å². The lowest BCUT2D eigenvalue weighted by Gasteiger charge is -2.34. The lowest BCUT2D eigenvalue weighted by Crippen LogP contribution is -2.53. The van der Waals surface area contributed by atoms with Gasteiger partial charge in [-0.05, 0) is 37.2 Å². The number of aliphatic imine (C=N–C) groups is 1. The van der Waals surface area contributed by atoms with Crippen LogP contribution in [0.5, 0.6) is 0 Å². The van der Waals surface area contributed by atoms with Crippen molar-refractivity contribution < 1.29 is 30.8 Å². The Hall–Kier alpha value is -2.73. The normalized spacial score (nSPS) is 19.8. The van der Waals surface area contributed by atoms with E-state index >= 15 is 0 Å². The second-order valence-corrected chi connectivity index (χ2v) is 9.07. The highest BCUT2D eigenvalue weighted by atomic mass is 32.2. The lowest BCUT2D eigenvalue weighted by molar-refractivity contribution is -0.118. The second kappa shape index (κ2) is 9.41. The van der Waals surface area contributed by atoms with Crippen LogP contribution in [-0.4, -0.2) is 51.1 Å². The molecule has 1 aromatic carbocycles. The molecule has 0 radical (unpaired) electrons. The molecule has 32 heavy (non-hydrogen) atoms. The largest absolute Gasteiger partial charge is 0.432 e. The van der Waals surface area contributed by atoms with Crippen LogP contribution in [0.3, 0.4) is 0 Å². The molecule has 0 saturated carbocycles. The van der Waals surface area contributed by atoms with Crippen LogP contribution in [0.25, 0.3) is 0 Å². The Labute approximate surface area is 183 Å². The van der Waals surface area contributed by atoms with E-state index in [0.717, 1.165) is 18.4 Å². The molecule has 176 valence electrons. The molecular weight excluding hydrogens is 452 g/mol. The fraction of sp³-hybridized carbons (Fsp3) is 0.400. The maximum atomic E-state index is 14.2. The smallest absolute Gasteiger partial charge is 0.346 e. The Balaban J connectivity index is 2.17. The molecule has 0 spiro atoms. The first-order chi connectivity index (χ1) is 14.7. The summed E-state index contributed by atoms with van der Waals surface area (Å²) in [7, 11) is -3.67. The predicted molar refractivity (Wildman–Crippen MR) is 114 cm³/mol. The zero-order valence-corrected chi connectivity index (χ0v) is 18.5. The Bertz CT molecular complexity index is 1070. The quantitative estimate of drug-likeness (QED) is 0.397. The van der Waals surface area contributed by atoms with E-state index < -0.39 is 45.2 Å². The fourth-order valence-corrected chi connectivity index (χ4v) is 3.67. The Morgan fingerprint density at radius 3 is 2.47 bits per heavy atom. The molecule has 2 atom stereocenters. The molecule has 0 fully saturated rings. The predicted octanol–water partition coefficient (Wildman–Crippen LogP) is 2.85.